The molecule has 108 valence electrons. The highest BCUT2D eigenvalue weighted by molar-refractivity contribution is 5.98. The lowest BCUT2D eigenvalue weighted by Gasteiger charge is -2.31. The Kier molecular flexibility index (Phi) is 3.68. The molecule has 1 fully saturated rings. The van der Waals surface area contributed by atoms with Gasteiger partial charge in [0.05, 0.1) is 0 Å². The van der Waals surface area contributed by atoms with Crippen molar-refractivity contribution in [1.29, 1.82) is 0 Å². The molecule has 3 atom stereocenters. The topological polar surface area (TPSA) is 35.5 Å². The van der Waals surface area contributed by atoms with Gasteiger partial charge in [-0.1, -0.05) is 13.8 Å². The predicted octanol–water partition coefficient (Wildman–Crippen LogP) is 3.71. The van der Waals surface area contributed by atoms with Crippen molar-refractivity contribution in [1.82, 2.24) is 0 Å². The monoisotopic (exact) mass is 274 g/mol. The Balaban J connectivity index is 1.77. The second kappa shape index (κ2) is 5.47. The second-order valence-corrected chi connectivity index (χ2v) is 6.19. The summed E-state index contributed by atoms with van der Waals surface area (Å²) < 4.78 is 11.1. The normalized spacial score (nSPS) is 29.0. The van der Waals surface area contributed by atoms with Gasteiger partial charge in [0, 0.05) is 11.5 Å². The minimum atomic E-state index is 0.170. The third-order valence-electron chi connectivity index (χ3n) is 4.80. The fraction of sp³-hybridized carbons (Fsp3) is 0.588. The quantitative estimate of drug-likeness (QED) is 0.771. The van der Waals surface area contributed by atoms with Crippen LogP contribution in [0.5, 0.6) is 11.5 Å². The predicted molar refractivity (Wildman–Crippen MR) is 77.4 cm³/mol. The molecule has 3 heteroatoms. The van der Waals surface area contributed by atoms with E-state index in [0.717, 1.165) is 36.5 Å². The minimum absolute atomic E-state index is 0.170. The maximum atomic E-state index is 12.6. The van der Waals surface area contributed by atoms with Gasteiger partial charge in [0.2, 0.25) is 0 Å². The second-order valence-electron chi connectivity index (χ2n) is 6.19. The number of ether oxygens (including phenoxy) is 2. The highest BCUT2D eigenvalue weighted by atomic mass is 16.6. The molecule has 1 aliphatic heterocycles. The Labute approximate surface area is 120 Å². The maximum Gasteiger partial charge on any atom is 0.166 e. The Morgan fingerprint density at radius 3 is 2.55 bits per heavy atom. The first-order chi connectivity index (χ1) is 9.65. The molecule has 0 radical (unpaired) electrons. The van der Waals surface area contributed by atoms with Gasteiger partial charge in [-0.15, -0.1) is 0 Å². The van der Waals surface area contributed by atoms with Crippen molar-refractivity contribution >= 4 is 5.78 Å². The van der Waals surface area contributed by atoms with Gasteiger partial charge in [-0.25, -0.2) is 0 Å². The molecule has 1 aromatic carbocycles. The van der Waals surface area contributed by atoms with Gasteiger partial charge >= 0.3 is 0 Å². The molecule has 1 saturated carbocycles. The molecule has 2 aliphatic rings. The lowest BCUT2D eigenvalue weighted by Crippen LogP contribution is -2.26. The molecule has 0 amide bonds. The number of fused-ring (bicyclic) bond motifs is 1. The summed E-state index contributed by atoms with van der Waals surface area (Å²) in [5.74, 6) is 3.26. The number of ketones is 1. The van der Waals surface area contributed by atoms with Gasteiger partial charge in [-0.2, -0.15) is 0 Å². The van der Waals surface area contributed by atoms with Crippen LogP contribution in [-0.4, -0.2) is 19.0 Å². The molecule has 20 heavy (non-hydrogen) atoms. The van der Waals surface area contributed by atoms with E-state index in [1.165, 1.54) is 0 Å². The summed E-state index contributed by atoms with van der Waals surface area (Å²) in [6, 6.07) is 5.58. The van der Waals surface area contributed by atoms with Gasteiger partial charge in [0.25, 0.3) is 0 Å². The lowest BCUT2D eigenvalue weighted by molar-refractivity contribution is 0.0836. The van der Waals surface area contributed by atoms with E-state index < -0.39 is 0 Å². The van der Waals surface area contributed by atoms with E-state index in [9.17, 15) is 4.79 Å². The van der Waals surface area contributed by atoms with E-state index in [0.29, 0.717) is 24.9 Å². The molecular formula is C17H22O3. The van der Waals surface area contributed by atoms with Crippen molar-refractivity contribution < 1.29 is 14.3 Å². The van der Waals surface area contributed by atoms with E-state index >= 15 is 0 Å². The zero-order valence-corrected chi connectivity index (χ0v) is 12.2. The van der Waals surface area contributed by atoms with Crippen LogP contribution >= 0.6 is 0 Å². The molecule has 0 bridgehead atoms. The van der Waals surface area contributed by atoms with Crippen LogP contribution in [0.25, 0.3) is 0 Å². The molecule has 1 aromatic rings. The number of hydrogen-bond donors (Lipinski definition) is 0. The van der Waals surface area contributed by atoms with Crippen LogP contribution in [0.4, 0.5) is 0 Å². The molecular weight excluding hydrogens is 252 g/mol. The van der Waals surface area contributed by atoms with E-state index in [1.807, 2.05) is 18.2 Å². The summed E-state index contributed by atoms with van der Waals surface area (Å²) in [4.78, 5) is 12.6. The number of rotatable bonds is 2. The molecule has 0 saturated heterocycles. The molecule has 0 aromatic heterocycles. The van der Waals surface area contributed by atoms with Gasteiger partial charge in [0.1, 0.15) is 13.2 Å². The third kappa shape index (κ3) is 2.54. The summed E-state index contributed by atoms with van der Waals surface area (Å²) in [5, 5.41) is 0. The van der Waals surface area contributed by atoms with Crippen LogP contribution in [0.1, 0.15) is 43.5 Å². The first-order valence-electron chi connectivity index (χ1n) is 7.59. The third-order valence-corrected chi connectivity index (χ3v) is 4.80. The molecule has 1 heterocycles. The molecule has 0 spiro atoms. The molecule has 3 rings (SSSR count). The van der Waals surface area contributed by atoms with Crippen molar-refractivity contribution in [3.05, 3.63) is 23.8 Å². The van der Waals surface area contributed by atoms with Crippen molar-refractivity contribution in [2.75, 3.05) is 13.2 Å². The van der Waals surface area contributed by atoms with Crippen LogP contribution in [0.2, 0.25) is 0 Å². The van der Waals surface area contributed by atoms with Crippen molar-refractivity contribution in [2.24, 2.45) is 17.8 Å². The Hall–Kier alpha value is -1.51. The Bertz CT molecular complexity index is 509. The molecule has 1 aliphatic carbocycles. The van der Waals surface area contributed by atoms with Gasteiger partial charge in [-0.05, 0) is 49.3 Å². The summed E-state index contributed by atoms with van der Waals surface area (Å²) in [6.07, 6.45) is 3.18. The van der Waals surface area contributed by atoms with Crippen LogP contribution in [-0.2, 0) is 0 Å². The fourth-order valence-corrected chi connectivity index (χ4v) is 3.22. The molecule has 3 unspecified atom stereocenters. The van der Waals surface area contributed by atoms with Gasteiger partial charge in [0.15, 0.2) is 17.3 Å². The van der Waals surface area contributed by atoms with Crippen molar-refractivity contribution in [3.63, 3.8) is 0 Å². The molecule has 0 N–H and O–H groups in total. The number of hydrogen-bond acceptors (Lipinski definition) is 3. The number of carbonyl (C=O) groups excluding carboxylic acids is 1. The highest BCUT2D eigenvalue weighted by Crippen LogP contribution is 2.37. The fourth-order valence-electron chi connectivity index (χ4n) is 3.22. The van der Waals surface area contributed by atoms with Crippen molar-refractivity contribution in [3.8, 4) is 11.5 Å². The smallest absolute Gasteiger partial charge is 0.166 e. The standard InChI is InChI=1S/C17H22O3/c1-11-3-4-13(9-12(11)2)17(18)14-5-6-15-16(10-14)20-8-7-19-15/h5-6,10-13H,3-4,7-9H2,1-2H3. The number of Topliss-reactive ketones (excluding diaryl/α,β-unsaturated/α-hetero) is 1. The average Bonchev–Trinajstić information content (AvgIpc) is 2.49. The van der Waals surface area contributed by atoms with Gasteiger partial charge < -0.3 is 9.47 Å². The van der Waals surface area contributed by atoms with Crippen LogP contribution < -0.4 is 9.47 Å². The Morgan fingerprint density at radius 1 is 1.05 bits per heavy atom. The zero-order valence-electron chi connectivity index (χ0n) is 12.2. The molecule has 3 nitrogen and oxygen atoms in total. The van der Waals surface area contributed by atoms with E-state index in [-0.39, 0.29) is 11.7 Å². The van der Waals surface area contributed by atoms with Crippen LogP contribution in [0.15, 0.2) is 18.2 Å². The first kappa shape index (κ1) is 13.5. The zero-order chi connectivity index (χ0) is 14.1. The SMILES string of the molecule is CC1CCC(C(=O)c2ccc3c(c2)OCCO3)CC1C. The maximum absolute atomic E-state index is 12.6. The largest absolute Gasteiger partial charge is 0.486 e. The lowest BCUT2D eigenvalue weighted by atomic mass is 9.73. The average molecular weight is 274 g/mol. The van der Waals surface area contributed by atoms with E-state index in [1.54, 1.807) is 0 Å². The van der Waals surface area contributed by atoms with E-state index in [4.69, 9.17) is 9.47 Å². The summed E-state index contributed by atoms with van der Waals surface area (Å²) in [7, 11) is 0. The summed E-state index contributed by atoms with van der Waals surface area (Å²) >= 11 is 0. The number of carbonyl (C=O) groups is 1. The highest BCUT2D eigenvalue weighted by Gasteiger charge is 2.30. The van der Waals surface area contributed by atoms with Crippen molar-refractivity contribution in [2.45, 2.75) is 33.1 Å². The minimum Gasteiger partial charge on any atom is -0.486 e. The number of benzene rings is 1. The first-order valence-corrected chi connectivity index (χ1v) is 7.59. The summed E-state index contributed by atoms with van der Waals surface area (Å²) in [5.41, 5.74) is 0.765. The summed E-state index contributed by atoms with van der Waals surface area (Å²) in [6.45, 7) is 5.68. The van der Waals surface area contributed by atoms with Crippen LogP contribution in [0, 0.1) is 17.8 Å². The van der Waals surface area contributed by atoms with Gasteiger partial charge in [-0.3, -0.25) is 4.79 Å². The van der Waals surface area contributed by atoms with E-state index in [2.05, 4.69) is 13.8 Å². The van der Waals surface area contributed by atoms with Crippen LogP contribution in [0.3, 0.4) is 0 Å². The Morgan fingerprint density at radius 2 is 1.80 bits per heavy atom.